The molecule has 0 atom stereocenters. The minimum atomic E-state index is -4.09. The van der Waals surface area contributed by atoms with Crippen molar-refractivity contribution < 1.29 is 13.3 Å². The summed E-state index contributed by atoms with van der Waals surface area (Å²) in [6, 6.07) is 11.9. The predicted octanol–water partition coefficient (Wildman–Crippen LogP) is 3.83. The summed E-state index contributed by atoms with van der Waals surface area (Å²) in [7, 11) is -4.09. The lowest BCUT2D eigenvalue weighted by Gasteiger charge is -2.09. The molecule has 0 saturated carbocycles. The molecule has 1 heterocycles. The SMILES string of the molecule is Cc1nc(-c2cccc(NS(=O)(=O)c3ccccc3[N+](=O)[O-])c2)cs1. The maximum absolute atomic E-state index is 12.5. The number of aromatic nitrogens is 1. The van der Waals surface area contributed by atoms with Gasteiger partial charge in [-0.1, -0.05) is 24.3 Å². The highest BCUT2D eigenvalue weighted by Crippen LogP contribution is 2.28. The Morgan fingerprint density at radius 2 is 1.92 bits per heavy atom. The second-order valence-electron chi connectivity index (χ2n) is 5.16. The second kappa shape index (κ2) is 6.61. The Balaban J connectivity index is 1.96. The van der Waals surface area contributed by atoms with Gasteiger partial charge in [0, 0.05) is 22.7 Å². The maximum atomic E-state index is 12.5. The van der Waals surface area contributed by atoms with Crippen LogP contribution in [0.15, 0.2) is 58.8 Å². The number of nitro benzene ring substituents is 1. The van der Waals surface area contributed by atoms with Crippen molar-refractivity contribution in [3.05, 3.63) is 69.0 Å². The smallest absolute Gasteiger partial charge is 0.279 e. The number of para-hydroxylation sites is 1. The summed E-state index contributed by atoms with van der Waals surface area (Å²) in [6.45, 7) is 1.88. The van der Waals surface area contributed by atoms with Crippen LogP contribution in [0.4, 0.5) is 11.4 Å². The third-order valence-electron chi connectivity index (χ3n) is 3.38. The fourth-order valence-corrected chi connectivity index (χ4v) is 4.13. The van der Waals surface area contributed by atoms with Crippen molar-refractivity contribution in [2.75, 3.05) is 4.72 Å². The topological polar surface area (TPSA) is 102 Å². The number of rotatable bonds is 5. The van der Waals surface area contributed by atoms with E-state index >= 15 is 0 Å². The molecule has 2 aromatic carbocycles. The minimum absolute atomic E-state index is 0.307. The Kier molecular flexibility index (Phi) is 4.51. The number of sulfonamides is 1. The van der Waals surface area contributed by atoms with Crippen molar-refractivity contribution in [1.82, 2.24) is 4.98 Å². The van der Waals surface area contributed by atoms with Crippen molar-refractivity contribution in [2.45, 2.75) is 11.8 Å². The van der Waals surface area contributed by atoms with Gasteiger partial charge < -0.3 is 0 Å². The molecular formula is C16H13N3O4S2. The van der Waals surface area contributed by atoms with Crippen LogP contribution in [0, 0.1) is 17.0 Å². The molecule has 0 radical (unpaired) electrons. The number of thiazole rings is 1. The van der Waals surface area contributed by atoms with E-state index in [-0.39, 0.29) is 4.90 Å². The van der Waals surface area contributed by atoms with Crippen molar-refractivity contribution in [2.24, 2.45) is 0 Å². The molecule has 25 heavy (non-hydrogen) atoms. The van der Waals surface area contributed by atoms with Gasteiger partial charge in [0.2, 0.25) is 0 Å². The molecule has 3 aromatic rings. The van der Waals surface area contributed by atoms with Gasteiger partial charge in [0.1, 0.15) is 0 Å². The highest BCUT2D eigenvalue weighted by molar-refractivity contribution is 7.92. The molecule has 0 aliphatic carbocycles. The fourth-order valence-electron chi connectivity index (χ4n) is 2.28. The van der Waals surface area contributed by atoms with Crippen molar-refractivity contribution >= 4 is 32.7 Å². The molecule has 0 saturated heterocycles. The normalized spacial score (nSPS) is 11.2. The molecule has 9 heteroatoms. The summed E-state index contributed by atoms with van der Waals surface area (Å²) < 4.78 is 27.5. The van der Waals surface area contributed by atoms with Gasteiger partial charge in [-0.2, -0.15) is 0 Å². The quantitative estimate of drug-likeness (QED) is 0.539. The highest BCUT2D eigenvalue weighted by atomic mass is 32.2. The van der Waals surface area contributed by atoms with Gasteiger partial charge in [-0.05, 0) is 25.1 Å². The first kappa shape index (κ1) is 17.1. The molecule has 7 nitrogen and oxygen atoms in total. The number of hydrogen-bond donors (Lipinski definition) is 1. The summed E-state index contributed by atoms with van der Waals surface area (Å²) in [5.41, 5.74) is 1.34. The fraction of sp³-hybridized carbons (Fsp3) is 0.0625. The Morgan fingerprint density at radius 3 is 2.60 bits per heavy atom. The molecule has 0 bridgehead atoms. The molecule has 0 fully saturated rings. The van der Waals surface area contributed by atoms with Crippen LogP contribution in [0.1, 0.15) is 5.01 Å². The number of aryl methyl sites for hydroxylation is 1. The Bertz CT molecular complexity index is 1040. The first-order valence-corrected chi connectivity index (χ1v) is 9.52. The first-order chi connectivity index (χ1) is 11.9. The van der Waals surface area contributed by atoms with Crippen LogP contribution < -0.4 is 4.72 Å². The summed E-state index contributed by atoms with van der Waals surface area (Å²) >= 11 is 1.50. The summed E-state index contributed by atoms with van der Waals surface area (Å²) in [5.74, 6) is 0. The third kappa shape index (κ3) is 3.67. The van der Waals surface area contributed by atoms with Crippen LogP contribution in [0.5, 0.6) is 0 Å². The van der Waals surface area contributed by atoms with Crippen LogP contribution in [0.25, 0.3) is 11.3 Å². The zero-order valence-electron chi connectivity index (χ0n) is 13.0. The van der Waals surface area contributed by atoms with Crippen LogP contribution in [-0.2, 0) is 10.0 Å². The van der Waals surface area contributed by atoms with Crippen molar-refractivity contribution in [3.8, 4) is 11.3 Å². The molecule has 0 amide bonds. The van der Waals surface area contributed by atoms with E-state index in [1.165, 1.54) is 29.5 Å². The number of nitro groups is 1. The summed E-state index contributed by atoms with van der Waals surface area (Å²) in [6.07, 6.45) is 0. The van der Waals surface area contributed by atoms with E-state index in [0.29, 0.717) is 5.69 Å². The van der Waals surface area contributed by atoms with E-state index in [9.17, 15) is 18.5 Å². The van der Waals surface area contributed by atoms with Gasteiger partial charge in [0.25, 0.3) is 15.7 Å². The lowest BCUT2D eigenvalue weighted by Crippen LogP contribution is -2.14. The maximum Gasteiger partial charge on any atom is 0.289 e. The minimum Gasteiger partial charge on any atom is -0.279 e. The van der Waals surface area contributed by atoms with Crippen LogP contribution in [0.2, 0.25) is 0 Å². The zero-order chi connectivity index (χ0) is 18.0. The molecule has 1 N–H and O–H groups in total. The lowest BCUT2D eigenvalue weighted by molar-refractivity contribution is -0.387. The Morgan fingerprint density at radius 1 is 1.16 bits per heavy atom. The van der Waals surface area contributed by atoms with Crippen LogP contribution in [0.3, 0.4) is 0 Å². The van der Waals surface area contributed by atoms with Gasteiger partial charge >= 0.3 is 0 Å². The molecule has 128 valence electrons. The summed E-state index contributed by atoms with van der Waals surface area (Å²) in [4.78, 5) is 14.3. The highest BCUT2D eigenvalue weighted by Gasteiger charge is 2.25. The number of nitrogens with one attached hydrogen (secondary N) is 1. The number of benzene rings is 2. The van der Waals surface area contributed by atoms with Crippen molar-refractivity contribution in [1.29, 1.82) is 0 Å². The lowest BCUT2D eigenvalue weighted by atomic mass is 10.1. The molecule has 0 unspecified atom stereocenters. The molecule has 3 rings (SSSR count). The van der Waals surface area contributed by atoms with Crippen LogP contribution >= 0.6 is 11.3 Å². The molecule has 0 aliphatic rings. The van der Waals surface area contributed by atoms with Gasteiger partial charge in [0.05, 0.1) is 15.6 Å². The second-order valence-corrected chi connectivity index (χ2v) is 7.88. The van der Waals surface area contributed by atoms with Gasteiger partial charge in [-0.3, -0.25) is 14.8 Å². The largest absolute Gasteiger partial charge is 0.289 e. The average molecular weight is 375 g/mol. The van der Waals surface area contributed by atoms with E-state index < -0.39 is 20.6 Å². The zero-order valence-corrected chi connectivity index (χ0v) is 14.7. The van der Waals surface area contributed by atoms with E-state index in [4.69, 9.17) is 0 Å². The van der Waals surface area contributed by atoms with Gasteiger partial charge in [-0.25, -0.2) is 13.4 Å². The standard InChI is InChI=1S/C16H13N3O4S2/c1-11-17-14(10-24-11)12-5-4-6-13(9-12)18-25(22,23)16-8-3-2-7-15(16)19(20)21/h2-10,18H,1H3. The first-order valence-electron chi connectivity index (χ1n) is 7.15. The molecule has 0 aliphatic heterocycles. The summed E-state index contributed by atoms with van der Waals surface area (Å²) in [5, 5.41) is 13.9. The van der Waals surface area contributed by atoms with Crippen LogP contribution in [-0.4, -0.2) is 18.3 Å². The van der Waals surface area contributed by atoms with Crippen molar-refractivity contribution in [3.63, 3.8) is 0 Å². The van der Waals surface area contributed by atoms with Gasteiger partial charge in [-0.15, -0.1) is 11.3 Å². The molecule has 1 aromatic heterocycles. The van der Waals surface area contributed by atoms with E-state index in [1.807, 2.05) is 18.4 Å². The third-order valence-corrected chi connectivity index (χ3v) is 5.58. The van der Waals surface area contributed by atoms with E-state index in [0.717, 1.165) is 22.3 Å². The average Bonchev–Trinajstić information content (AvgIpc) is 3.01. The predicted molar refractivity (Wildman–Crippen MR) is 96.2 cm³/mol. The number of hydrogen-bond acceptors (Lipinski definition) is 6. The molecule has 0 spiro atoms. The number of nitrogens with zero attached hydrogens (tertiary/aromatic N) is 2. The monoisotopic (exact) mass is 375 g/mol. The van der Waals surface area contributed by atoms with Gasteiger partial charge in [0.15, 0.2) is 4.90 Å². The Hall–Kier alpha value is -2.78. The Labute approximate surface area is 148 Å². The van der Waals surface area contributed by atoms with E-state index in [1.54, 1.807) is 18.2 Å². The van der Waals surface area contributed by atoms with E-state index in [2.05, 4.69) is 9.71 Å². The number of anilines is 1. The molecular weight excluding hydrogens is 362 g/mol.